The van der Waals surface area contributed by atoms with Gasteiger partial charge in [-0.2, -0.15) is 0 Å². The highest BCUT2D eigenvalue weighted by atomic mass is 16.5. The predicted molar refractivity (Wildman–Crippen MR) is 89.3 cm³/mol. The van der Waals surface area contributed by atoms with Gasteiger partial charge in [0.2, 0.25) is 0 Å². The number of hydrogen-bond acceptors (Lipinski definition) is 6. The van der Waals surface area contributed by atoms with Crippen LogP contribution in [0, 0.1) is 0 Å². The van der Waals surface area contributed by atoms with Crippen LogP contribution in [-0.4, -0.2) is 35.2 Å². The van der Waals surface area contributed by atoms with E-state index >= 15 is 0 Å². The van der Waals surface area contributed by atoms with Crippen LogP contribution in [0.1, 0.15) is 17.5 Å². The van der Waals surface area contributed by atoms with Gasteiger partial charge in [-0.05, 0) is 29.5 Å². The third kappa shape index (κ3) is 2.40. The van der Waals surface area contributed by atoms with E-state index in [9.17, 15) is 0 Å². The fraction of sp³-hybridized carbons (Fsp3) is 0.353. The number of aliphatic imine (C=N–C) groups is 1. The molecule has 6 heteroatoms. The molecule has 4 rings (SSSR count). The van der Waals surface area contributed by atoms with E-state index in [1.807, 2.05) is 13.2 Å². The third-order valence-corrected chi connectivity index (χ3v) is 4.68. The van der Waals surface area contributed by atoms with Gasteiger partial charge < -0.3 is 15.8 Å². The maximum atomic E-state index is 5.72. The minimum Gasteiger partial charge on any atom is -0.463 e. The second kappa shape index (κ2) is 5.22. The quantitative estimate of drug-likeness (QED) is 0.883. The molecule has 1 unspecified atom stereocenters. The summed E-state index contributed by atoms with van der Waals surface area (Å²) >= 11 is 0. The highest BCUT2D eigenvalue weighted by molar-refractivity contribution is 5.76. The number of rotatable bonds is 2. The first kappa shape index (κ1) is 14.0. The lowest BCUT2D eigenvalue weighted by atomic mass is 9.78. The lowest BCUT2D eigenvalue weighted by Gasteiger charge is -2.30. The Hall–Kier alpha value is -2.63. The molecule has 3 N–H and O–H groups in total. The molecule has 2 heterocycles. The van der Waals surface area contributed by atoms with Crippen LogP contribution in [-0.2, 0) is 17.6 Å². The second-order valence-electron chi connectivity index (χ2n) is 6.16. The Balaban J connectivity index is 1.73. The lowest BCUT2D eigenvalue weighted by molar-refractivity contribution is 0.235. The second-order valence-corrected chi connectivity index (χ2v) is 6.16. The summed E-state index contributed by atoms with van der Waals surface area (Å²) in [5.74, 6) is 0.830. The van der Waals surface area contributed by atoms with Crippen LogP contribution in [0.4, 0.5) is 5.82 Å². The van der Waals surface area contributed by atoms with Gasteiger partial charge >= 0.3 is 0 Å². The van der Waals surface area contributed by atoms with E-state index < -0.39 is 0 Å². The zero-order chi connectivity index (χ0) is 15.9. The number of amidine groups is 1. The van der Waals surface area contributed by atoms with Crippen molar-refractivity contribution in [2.75, 3.05) is 19.0 Å². The molecule has 1 aliphatic heterocycles. The zero-order valence-corrected chi connectivity index (χ0v) is 13.0. The molecule has 1 aromatic heterocycles. The number of fused-ring (bicyclic) bond motifs is 1. The summed E-state index contributed by atoms with van der Waals surface area (Å²) in [7, 11) is 1.87. The Morgan fingerprint density at radius 2 is 2.22 bits per heavy atom. The first-order valence-electron chi connectivity index (χ1n) is 7.77. The predicted octanol–water partition coefficient (Wildman–Crippen LogP) is 1.76. The average Bonchev–Trinajstić information content (AvgIpc) is 2.94. The van der Waals surface area contributed by atoms with Crippen molar-refractivity contribution in [1.82, 2.24) is 9.97 Å². The van der Waals surface area contributed by atoms with Gasteiger partial charge in [0.1, 0.15) is 24.3 Å². The van der Waals surface area contributed by atoms with E-state index in [1.165, 1.54) is 11.1 Å². The van der Waals surface area contributed by atoms with Crippen molar-refractivity contribution in [2.45, 2.75) is 24.8 Å². The van der Waals surface area contributed by atoms with E-state index in [-0.39, 0.29) is 5.54 Å². The molecule has 0 saturated heterocycles. The standard InChI is InChI=1S/C17H19N5O/c1-19-15-14(8-20-10-21-15)12-3-2-11-4-5-17(7-13(11)6-12)9-23-16(18)22-17/h2-3,6,8,10H,4-5,7,9H2,1H3,(H2,18,22)(H,19,20,21). The Bertz CT molecular complexity index is 788. The van der Waals surface area contributed by atoms with Crippen LogP contribution in [0.25, 0.3) is 11.1 Å². The fourth-order valence-corrected chi connectivity index (χ4v) is 3.48. The monoisotopic (exact) mass is 309 g/mol. The molecule has 118 valence electrons. The Kier molecular flexibility index (Phi) is 3.18. The van der Waals surface area contributed by atoms with Crippen molar-refractivity contribution < 1.29 is 4.74 Å². The van der Waals surface area contributed by atoms with E-state index in [0.29, 0.717) is 12.6 Å². The summed E-state index contributed by atoms with van der Waals surface area (Å²) in [6, 6.07) is 6.88. The average molecular weight is 309 g/mol. The van der Waals surface area contributed by atoms with Crippen LogP contribution in [0.5, 0.6) is 0 Å². The number of aryl methyl sites for hydroxylation is 1. The molecule has 0 saturated carbocycles. The first-order chi connectivity index (χ1) is 11.2. The number of nitrogens with one attached hydrogen (secondary N) is 1. The molecule has 0 fully saturated rings. The largest absolute Gasteiger partial charge is 0.463 e. The van der Waals surface area contributed by atoms with Crippen LogP contribution >= 0.6 is 0 Å². The molecule has 1 atom stereocenters. The molecule has 2 aromatic rings. The summed E-state index contributed by atoms with van der Waals surface area (Å²) in [5.41, 5.74) is 10.3. The number of hydrogen-bond donors (Lipinski definition) is 2. The Labute approximate surface area is 134 Å². The van der Waals surface area contributed by atoms with Gasteiger partial charge in [-0.3, -0.25) is 0 Å². The lowest BCUT2D eigenvalue weighted by Crippen LogP contribution is -2.35. The molecule has 1 spiro atoms. The third-order valence-electron chi connectivity index (χ3n) is 4.68. The van der Waals surface area contributed by atoms with Gasteiger partial charge in [-0.25, -0.2) is 15.0 Å². The van der Waals surface area contributed by atoms with Crippen LogP contribution in [0.15, 0.2) is 35.7 Å². The summed E-state index contributed by atoms with van der Waals surface area (Å²) < 4.78 is 5.41. The highest BCUT2D eigenvalue weighted by Crippen LogP contribution is 2.37. The van der Waals surface area contributed by atoms with Crippen LogP contribution in [0.2, 0.25) is 0 Å². The summed E-state index contributed by atoms with van der Waals surface area (Å²) in [5, 5.41) is 3.12. The number of ether oxygens (including phenoxy) is 1. The normalized spacial score (nSPS) is 22.4. The van der Waals surface area contributed by atoms with Gasteiger partial charge in [0.15, 0.2) is 0 Å². The van der Waals surface area contributed by atoms with Gasteiger partial charge in [0.05, 0.1) is 0 Å². The van der Waals surface area contributed by atoms with Gasteiger partial charge in [-0.1, -0.05) is 18.2 Å². The molecular weight excluding hydrogens is 290 g/mol. The molecule has 23 heavy (non-hydrogen) atoms. The molecular formula is C17H19N5O. The molecule has 2 aliphatic rings. The van der Waals surface area contributed by atoms with Gasteiger partial charge in [0, 0.05) is 25.2 Å². The van der Waals surface area contributed by atoms with Crippen LogP contribution < -0.4 is 11.1 Å². The van der Waals surface area contributed by atoms with Crippen molar-refractivity contribution in [2.24, 2.45) is 10.7 Å². The van der Waals surface area contributed by atoms with E-state index in [1.54, 1.807) is 6.33 Å². The number of nitrogens with zero attached hydrogens (tertiary/aromatic N) is 3. The zero-order valence-electron chi connectivity index (χ0n) is 13.0. The van der Waals surface area contributed by atoms with Gasteiger partial charge in [0.25, 0.3) is 6.02 Å². The first-order valence-corrected chi connectivity index (χ1v) is 7.77. The maximum Gasteiger partial charge on any atom is 0.282 e. The minimum absolute atomic E-state index is 0.186. The van der Waals surface area contributed by atoms with Crippen molar-refractivity contribution in [3.05, 3.63) is 41.9 Å². The smallest absolute Gasteiger partial charge is 0.282 e. The topological polar surface area (TPSA) is 85.4 Å². The fourth-order valence-electron chi connectivity index (χ4n) is 3.48. The molecule has 0 bridgehead atoms. The molecule has 6 nitrogen and oxygen atoms in total. The van der Waals surface area contributed by atoms with Crippen LogP contribution in [0.3, 0.4) is 0 Å². The summed E-state index contributed by atoms with van der Waals surface area (Å²) in [6.45, 7) is 0.582. The number of aromatic nitrogens is 2. The molecule has 0 radical (unpaired) electrons. The van der Waals surface area contributed by atoms with Crippen molar-refractivity contribution in [3.8, 4) is 11.1 Å². The summed E-state index contributed by atoms with van der Waals surface area (Å²) in [6.07, 6.45) is 6.24. The van der Waals surface area contributed by atoms with E-state index in [0.717, 1.165) is 36.2 Å². The Morgan fingerprint density at radius 3 is 3.00 bits per heavy atom. The number of nitrogens with two attached hydrogens (primary N) is 1. The highest BCUT2D eigenvalue weighted by Gasteiger charge is 2.39. The van der Waals surface area contributed by atoms with Crippen molar-refractivity contribution >= 4 is 11.8 Å². The Morgan fingerprint density at radius 1 is 1.30 bits per heavy atom. The minimum atomic E-state index is -0.186. The molecule has 0 amide bonds. The SMILES string of the molecule is CNc1ncncc1-c1ccc2c(c1)CC1(CC2)COC(N)=N1. The van der Waals surface area contributed by atoms with Crippen molar-refractivity contribution in [1.29, 1.82) is 0 Å². The maximum absolute atomic E-state index is 5.72. The van der Waals surface area contributed by atoms with E-state index in [4.69, 9.17) is 10.5 Å². The molecule has 1 aromatic carbocycles. The van der Waals surface area contributed by atoms with Crippen molar-refractivity contribution in [3.63, 3.8) is 0 Å². The van der Waals surface area contributed by atoms with Gasteiger partial charge in [-0.15, -0.1) is 0 Å². The summed E-state index contributed by atoms with van der Waals surface area (Å²) in [4.78, 5) is 13.0. The van der Waals surface area contributed by atoms with E-state index in [2.05, 4.69) is 38.5 Å². The number of anilines is 1. The molecule has 1 aliphatic carbocycles. The number of benzene rings is 1.